The summed E-state index contributed by atoms with van der Waals surface area (Å²) < 4.78 is 0. The van der Waals surface area contributed by atoms with Crippen LogP contribution in [0.5, 0.6) is 0 Å². The van der Waals surface area contributed by atoms with E-state index in [0.717, 1.165) is 42.8 Å². The Labute approximate surface area is 259 Å². The van der Waals surface area contributed by atoms with Gasteiger partial charge < -0.3 is 0 Å². The minimum absolute atomic E-state index is 0.0983. The molecular formula is C37H50N6. The Bertz CT molecular complexity index is 1280. The molecule has 6 heteroatoms. The standard InChI is InChI=1S/C37H50N6/c1-5-8-11-14-17-29-19-21-31(38-26-29)34-41-35(32-22-20-30(27-39-32)18-15-12-9-6-2)43-36(42-34)33-23-25-37(4,28-40-33)24-16-13-10-7-3/h16,19-24,26-28H,5-15,17-18,25H2,1-4H3/b24-16+. The number of rotatable bonds is 17. The number of hydrogen-bond acceptors (Lipinski definition) is 6. The lowest BCUT2D eigenvalue weighted by Crippen LogP contribution is -2.17. The monoisotopic (exact) mass is 578 g/mol. The van der Waals surface area contributed by atoms with Gasteiger partial charge in [0, 0.05) is 24.0 Å². The molecule has 1 aliphatic heterocycles. The van der Waals surface area contributed by atoms with Gasteiger partial charge >= 0.3 is 0 Å². The minimum Gasteiger partial charge on any atom is -0.257 e. The molecule has 0 radical (unpaired) electrons. The van der Waals surface area contributed by atoms with Gasteiger partial charge in [0.05, 0.1) is 0 Å². The van der Waals surface area contributed by atoms with Crippen molar-refractivity contribution in [3.63, 3.8) is 0 Å². The van der Waals surface area contributed by atoms with Crippen molar-refractivity contribution < 1.29 is 0 Å². The molecule has 0 amide bonds. The molecule has 0 spiro atoms. The Kier molecular flexibility index (Phi) is 12.7. The third-order valence-corrected chi connectivity index (χ3v) is 8.07. The fourth-order valence-electron chi connectivity index (χ4n) is 5.21. The summed E-state index contributed by atoms with van der Waals surface area (Å²) in [4.78, 5) is 28.9. The summed E-state index contributed by atoms with van der Waals surface area (Å²) in [5.74, 6) is 1.66. The van der Waals surface area contributed by atoms with Gasteiger partial charge in [0.15, 0.2) is 17.5 Å². The van der Waals surface area contributed by atoms with Gasteiger partial charge in [0.25, 0.3) is 0 Å². The molecule has 228 valence electrons. The van der Waals surface area contributed by atoms with Gasteiger partial charge in [-0.15, -0.1) is 0 Å². The highest BCUT2D eigenvalue weighted by Gasteiger charge is 2.23. The van der Waals surface area contributed by atoms with Crippen molar-refractivity contribution in [1.29, 1.82) is 0 Å². The molecule has 0 bridgehead atoms. The van der Waals surface area contributed by atoms with Crippen molar-refractivity contribution in [3.05, 3.63) is 71.8 Å². The predicted octanol–water partition coefficient (Wildman–Crippen LogP) is 9.81. The topological polar surface area (TPSA) is 76.8 Å². The lowest BCUT2D eigenvalue weighted by atomic mass is 9.85. The van der Waals surface area contributed by atoms with Crippen LogP contribution in [0.25, 0.3) is 28.7 Å². The second kappa shape index (κ2) is 16.9. The summed E-state index contributed by atoms with van der Waals surface area (Å²) in [6.07, 6.45) is 29.1. The first-order chi connectivity index (χ1) is 21.0. The average Bonchev–Trinajstić information content (AvgIpc) is 3.04. The molecule has 4 heterocycles. The second-order valence-electron chi connectivity index (χ2n) is 12.1. The lowest BCUT2D eigenvalue weighted by Gasteiger charge is -2.23. The number of aryl methyl sites for hydroxylation is 2. The molecule has 43 heavy (non-hydrogen) atoms. The van der Waals surface area contributed by atoms with Crippen LogP contribution < -0.4 is 0 Å². The molecule has 1 unspecified atom stereocenters. The van der Waals surface area contributed by atoms with Crippen LogP contribution in [0.1, 0.15) is 122 Å². The van der Waals surface area contributed by atoms with Crippen molar-refractivity contribution in [1.82, 2.24) is 24.9 Å². The van der Waals surface area contributed by atoms with E-state index in [1.165, 1.54) is 75.3 Å². The lowest BCUT2D eigenvalue weighted by molar-refractivity contribution is 0.612. The summed E-state index contributed by atoms with van der Waals surface area (Å²) in [7, 11) is 0. The van der Waals surface area contributed by atoms with E-state index in [4.69, 9.17) is 29.9 Å². The fourth-order valence-corrected chi connectivity index (χ4v) is 5.21. The number of aromatic nitrogens is 5. The summed E-state index contributed by atoms with van der Waals surface area (Å²) in [5.41, 5.74) is 4.63. The normalized spacial score (nSPS) is 16.6. The number of aliphatic imine (C=N–C) groups is 1. The van der Waals surface area contributed by atoms with E-state index >= 15 is 0 Å². The maximum Gasteiger partial charge on any atom is 0.182 e. The Hall–Kier alpha value is -3.54. The Balaban J connectivity index is 1.59. The van der Waals surface area contributed by atoms with Crippen LogP contribution in [0.15, 0.2) is 59.9 Å². The van der Waals surface area contributed by atoms with E-state index in [-0.39, 0.29) is 5.41 Å². The van der Waals surface area contributed by atoms with Gasteiger partial charge in [0.2, 0.25) is 0 Å². The Morgan fingerprint density at radius 2 is 1.23 bits per heavy atom. The molecular weight excluding hydrogens is 528 g/mol. The van der Waals surface area contributed by atoms with E-state index in [0.29, 0.717) is 17.5 Å². The van der Waals surface area contributed by atoms with Crippen LogP contribution >= 0.6 is 0 Å². The first kappa shape index (κ1) is 32.4. The SMILES string of the molecule is CCCC/C=C/C1(C)C=NC(c2nc(-c3ccc(CCCCCC)cn3)nc(-c3ccc(CCCCCC)cn3)n2)=CC1. The zero-order valence-electron chi connectivity index (χ0n) is 26.9. The highest BCUT2D eigenvalue weighted by Crippen LogP contribution is 2.31. The number of pyridine rings is 2. The molecule has 1 aliphatic rings. The zero-order valence-corrected chi connectivity index (χ0v) is 26.9. The first-order valence-electron chi connectivity index (χ1n) is 16.6. The number of unbranched alkanes of at least 4 members (excludes halogenated alkanes) is 8. The number of hydrogen-bond donors (Lipinski definition) is 0. The molecule has 0 saturated heterocycles. The van der Waals surface area contributed by atoms with Crippen LogP contribution in [0.4, 0.5) is 0 Å². The van der Waals surface area contributed by atoms with Gasteiger partial charge in [-0.3, -0.25) is 15.0 Å². The van der Waals surface area contributed by atoms with Crippen molar-refractivity contribution >= 4 is 11.9 Å². The summed E-state index contributed by atoms with van der Waals surface area (Å²) in [6.45, 7) is 8.93. The zero-order chi connectivity index (χ0) is 30.3. The summed E-state index contributed by atoms with van der Waals surface area (Å²) in [6, 6.07) is 8.36. The van der Waals surface area contributed by atoms with Gasteiger partial charge in [0.1, 0.15) is 17.1 Å². The molecule has 1 atom stereocenters. The smallest absolute Gasteiger partial charge is 0.182 e. The van der Waals surface area contributed by atoms with Crippen LogP contribution in [0.3, 0.4) is 0 Å². The summed E-state index contributed by atoms with van der Waals surface area (Å²) >= 11 is 0. The molecule has 3 aromatic rings. The van der Waals surface area contributed by atoms with Gasteiger partial charge in [-0.2, -0.15) is 0 Å². The van der Waals surface area contributed by atoms with Crippen molar-refractivity contribution in [2.45, 2.75) is 118 Å². The van der Waals surface area contributed by atoms with Gasteiger partial charge in [-0.05, 0) is 61.8 Å². The maximum absolute atomic E-state index is 4.87. The highest BCUT2D eigenvalue weighted by molar-refractivity contribution is 5.80. The third-order valence-electron chi connectivity index (χ3n) is 8.07. The molecule has 0 N–H and O–H groups in total. The van der Waals surface area contributed by atoms with E-state index in [9.17, 15) is 0 Å². The van der Waals surface area contributed by atoms with E-state index in [1.807, 2.05) is 30.7 Å². The van der Waals surface area contributed by atoms with E-state index in [1.54, 1.807) is 0 Å². The highest BCUT2D eigenvalue weighted by atomic mass is 15.1. The van der Waals surface area contributed by atoms with Crippen molar-refractivity contribution in [3.8, 4) is 23.0 Å². The van der Waals surface area contributed by atoms with Crippen LogP contribution in [-0.2, 0) is 12.8 Å². The minimum atomic E-state index is -0.0983. The third kappa shape index (κ3) is 10.0. The van der Waals surface area contributed by atoms with Gasteiger partial charge in [-0.1, -0.05) is 109 Å². The quantitative estimate of drug-likeness (QED) is 0.118. The molecule has 0 aromatic carbocycles. The molecule has 0 saturated carbocycles. The molecule has 3 aromatic heterocycles. The van der Waals surface area contributed by atoms with E-state index in [2.05, 4.69) is 58.1 Å². The molecule has 0 aliphatic carbocycles. The van der Waals surface area contributed by atoms with Gasteiger partial charge in [-0.25, -0.2) is 15.0 Å². The molecule has 6 nitrogen and oxygen atoms in total. The Morgan fingerprint density at radius 3 is 1.70 bits per heavy atom. The maximum atomic E-state index is 4.87. The van der Waals surface area contributed by atoms with Crippen molar-refractivity contribution in [2.24, 2.45) is 10.4 Å². The van der Waals surface area contributed by atoms with Crippen LogP contribution in [-0.4, -0.2) is 31.1 Å². The Morgan fingerprint density at radius 1 is 0.674 bits per heavy atom. The second-order valence-corrected chi connectivity index (χ2v) is 12.1. The van der Waals surface area contributed by atoms with Crippen LogP contribution in [0, 0.1) is 5.41 Å². The van der Waals surface area contributed by atoms with E-state index < -0.39 is 0 Å². The largest absolute Gasteiger partial charge is 0.257 e. The number of nitrogens with zero attached hydrogens (tertiary/aromatic N) is 6. The van der Waals surface area contributed by atoms with Crippen molar-refractivity contribution in [2.75, 3.05) is 0 Å². The van der Waals surface area contributed by atoms with Crippen LogP contribution in [0.2, 0.25) is 0 Å². The number of allylic oxidation sites excluding steroid dienone is 3. The predicted molar refractivity (Wildman–Crippen MR) is 180 cm³/mol. The average molecular weight is 579 g/mol. The summed E-state index contributed by atoms with van der Waals surface area (Å²) in [5, 5.41) is 0. The molecule has 4 rings (SSSR count). The fraction of sp³-hybridized carbons (Fsp3) is 0.514. The molecule has 0 fully saturated rings. The first-order valence-corrected chi connectivity index (χ1v) is 16.6.